The van der Waals surface area contributed by atoms with Crippen LogP contribution in [0, 0.1) is 11.3 Å². The lowest BCUT2D eigenvalue weighted by molar-refractivity contribution is -0.0236. The Kier molecular flexibility index (Phi) is 5.62. The van der Waals surface area contributed by atoms with Crippen LogP contribution in [0.3, 0.4) is 0 Å². The minimum Gasteiger partial charge on any atom is -0.378 e. The van der Waals surface area contributed by atoms with Gasteiger partial charge in [-0.15, -0.1) is 0 Å². The van der Waals surface area contributed by atoms with Crippen LogP contribution in [0.1, 0.15) is 52.9 Å². The van der Waals surface area contributed by atoms with E-state index in [0.29, 0.717) is 30.5 Å². The predicted octanol–water partition coefficient (Wildman–Crippen LogP) is 2.29. The molecule has 1 saturated carbocycles. The quantitative estimate of drug-likeness (QED) is 0.757. The van der Waals surface area contributed by atoms with E-state index in [2.05, 4.69) is 20.8 Å². The van der Waals surface area contributed by atoms with Crippen molar-refractivity contribution in [1.29, 1.82) is 0 Å². The molecular formula is C13H27NO3S. The van der Waals surface area contributed by atoms with Crippen molar-refractivity contribution < 1.29 is 13.2 Å². The van der Waals surface area contributed by atoms with Crippen LogP contribution in [0.4, 0.5) is 0 Å². The van der Waals surface area contributed by atoms with Crippen molar-refractivity contribution in [3.05, 3.63) is 0 Å². The second-order valence-corrected chi connectivity index (χ2v) is 8.21. The molecule has 0 saturated heterocycles. The summed E-state index contributed by atoms with van der Waals surface area (Å²) in [7, 11) is -3.31. The number of rotatable bonds is 6. The summed E-state index contributed by atoms with van der Waals surface area (Å²) in [6.07, 6.45) is 5.17. The van der Waals surface area contributed by atoms with E-state index in [1.807, 2.05) is 0 Å². The van der Waals surface area contributed by atoms with E-state index in [9.17, 15) is 8.42 Å². The Balaban J connectivity index is 2.19. The molecule has 2 N–H and O–H groups in total. The van der Waals surface area contributed by atoms with Crippen LogP contribution < -0.4 is 5.14 Å². The van der Waals surface area contributed by atoms with Crippen molar-refractivity contribution in [1.82, 2.24) is 0 Å². The van der Waals surface area contributed by atoms with Crippen LogP contribution in [0.25, 0.3) is 0 Å². The van der Waals surface area contributed by atoms with Gasteiger partial charge in [0.05, 0.1) is 11.9 Å². The molecule has 5 heteroatoms. The second kappa shape index (κ2) is 6.35. The maximum Gasteiger partial charge on any atom is 0.209 e. The van der Waals surface area contributed by atoms with E-state index in [4.69, 9.17) is 9.88 Å². The number of hydrogen-bond acceptors (Lipinski definition) is 3. The van der Waals surface area contributed by atoms with E-state index < -0.39 is 10.0 Å². The molecule has 0 aromatic rings. The third kappa shape index (κ3) is 6.71. The molecular weight excluding hydrogens is 250 g/mol. The molecule has 0 amide bonds. The zero-order valence-electron chi connectivity index (χ0n) is 11.8. The van der Waals surface area contributed by atoms with Crippen LogP contribution in [0.2, 0.25) is 0 Å². The van der Waals surface area contributed by atoms with Gasteiger partial charge in [0, 0.05) is 6.61 Å². The fourth-order valence-electron chi connectivity index (χ4n) is 3.04. The van der Waals surface area contributed by atoms with Crippen LogP contribution in [0.5, 0.6) is 0 Å². The van der Waals surface area contributed by atoms with Crippen molar-refractivity contribution in [2.24, 2.45) is 16.5 Å². The van der Waals surface area contributed by atoms with E-state index in [1.165, 1.54) is 6.42 Å². The molecule has 0 radical (unpaired) electrons. The smallest absolute Gasteiger partial charge is 0.209 e. The minimum absolute atomic E-state index is 0.0585. The van der Waals surface area contributed by atoms with Gasteiger partial charge in [0.2, 0.25) is 10.0 Å². The number of unbranched alkanes of at least 4 members (excludes halogenated alkanes) is 1. The van der Waals surface area contributed by atoms with E-state index in [-0.39, 0.29) is 5.75 Å². The Labute approximate surface area is 111 Å². The Hall–Kier alpha value is -0.130. The largest absolute Gasteiger partial charge is 0.378 e. The van der Waals surface area contributed by atoms with E-state index in [1.54, 1.807) is 0 Å². The van der Waals surface area contributed by atoms with Gasteiger partial charge >= 0.3 is 0 Å². The fraction of sp³-hybridized carbons (Fsp3) is 1.00. The van der Waals surface area contributed by atoms with Crippen LogP contribution in [-0.2, 0) is 14.8 Å². The maximum absolute atomic E-state index is 10.8. The SMILES string of the molecule is CC1CC(OCCCCS(N)(=O)=O)CC(C)(C)C1. The van der Waals surface area contributed by atoms with Gasteiger partial charge in [-0.25, -0.2) is 13.6 Å². The molecule has 2 atom stereocenters. The summed E-state index contributed by atoms with van der Waals surface area (Å²) in [5.74, 6) is 0.770. The number of primary sulfonamides is 1. The average Bonchev–Trinajstić information content (AvgIpc) is 2.11. The molecule has 1 aliphatic carbocycles. The Morgan fingerprint density at radius 2 is 1.94 bits per heavy atom. The molecule has 1 fully saturated rings. The minimum atomic E-state index is -3.31. The number of ether oxygens (including phenoxy) is 1. The standard InChI is InChI=1S/C13H27NO3S/c1-11-8-12(10-13(2,3)9-11)17-6-4-5-7-18(14,15)16/h11-12H,4-10H2,1-3H3,(H2,14,15,16). The number of hydrogen-bond donors (Lipinski definition) is 1. The molecule has 2 unspecified atom stereocenters. The summed E-state index contributed by atoms with van der Waals surface area (Å²) in [4.78, 5) is 0. The first-order valence-corrected chi connectivity index (χ1v) is 8.51. The first-order valence-electron chi connectivity index (χ1n) is 6.80. The lowest BCUT2D eigenvalue weighted by Crippen LogP contribution is -2.32. The number of nitrogens with two attached hydrogens (primary N) is 1. The summed E-state index contributed by atoms with van der Waals surface area (Å²) in [6, 6.07) is 0. The Morgan fingerprint density at radius 3 is 2.50 bits per heavy atom. The van der Waals surface area contributed by atoms with Crippen LogP contribution in [0.15, 0.2) is 0 Å². The molecule has 0 aromatic heterocycles. The third-order valence-corrected chi connectivity index (χ3v) is 4.38. The lowest BCUT2D eigenvalue weighted by atomic mass is 9.71. The topological polar surface area (TPSA) is 69.4 Å². The first kappa shape index (κ1) is 15.9. The zero-order valence-corrected chi connectivity index (χ0v) is 12.6. The normalized spacial score (nSPS) is 28.2. The highest BCUT2D eigenvalue weighted by molar-refractivity contribution is 7.89. The molecule has 0 heterocycles. The summed E-state index contributed by atoms with van der Waals surface area (Å²) >= 11 is 0. The van der Waals surface area contributed by atoms with E-state index >= 15 is 0 Å². The molecule has 1 rings (SSSR count). The van der Waals surface area contributed by atoms with Crippen molar-refractivity contribution in [2.75, 3.05) is 12.4 Å². The molecule has 0 aliphatic heterocycles. The highest BCUT2D eigenvalue weighted by atomic mass is 32.2. The molecule has 108 valence electrons. The molecule has 18 heavy (non-hydrogen) atoms. The van der Waals surface area contributed by atoms with Gasteiger partial charge < -0.3 is 4.74 Å². The van der Waals surface area contributed by atoms with Crippen molar-refractivity contribution >= 4 is 10.0 Å². The summed E-state index contributed by atoms with van der Waals surface area (Å²) in [6.45, 7) is 7.50. The highest BCUT2D eigenvalue weighted by Crippen LogP contribution is 2.39. The maximum atomic E-state index is 10.8. The predicted molar refractivity (Wildman–Crippen MR) is 73.7 cm³/mol. The van der Waals surface area contributed by atoms with Crippen molar-refractivity contribution in [2.45, 2.75) is 59.0 Å². The van der Waals surface area contributed by atoms with Crippen LogP contribution >= 0.6 is 0 Å². The molecule has 0 bridgehead atoms. The highest BCUT2D eigenvalue weighted by Gasteiger charge is 2.32. The van der Waals surface area contributed by atoms with Gasteiger partial charge in [0.1, 0.15) is 0 Å². The first-order chi connectivity index (χ1) is 8.18. The third-order valence-electron chi connectivity index (χ3n) is 3.52. The summed E-state index contributed by atoms with van der Waals surface area (Å²) in [5, 5.41) is 4.95. The van der Waals surface area contributed by atoms with Gasteiger partial charge in [0.15, 0.2) is 0 Å². The summed E-state index contributed by atoms with van der Waals surface area (Å²) in [5.41, 5.74) is 0.364. The zero-order chi connectivity index (χ0) is 13.8. The Bertz CT molecular complexity index is 351. The number of sulfonamides is 1. The lowest BCUT2D eigenvalue weighted by Gasteiger charge is -2.38. The second-order valence-electron chi connectivity index (χ2n) is 6.48. The molecule has 0 spiro atoms. The molecule has 4 nitrogen and oxygen atoms in total. The Morgan fingerprint density at radius 1 is 1.28 bits per heavy atom. The summed E-state index contributed by atoms with van der Waals surface area (Å²) < 4.78 is 27.4. The van der Waals surface area contributed by atoms with Crippen molar-refractivity contribution in [3.63, 3.8) is 0 Å². The van der Waals surface area contributed by atoms with E-state index in [0.717, 1.165) is 19.3 Å². The van der Waals surface area contributed by atoms with Gasteiger partial charge in [-0.05, 0) is 43.4 Å². The van der Waals surface area contributed by atoms with Gasteiger partial charge in [0.25, 0.3) is 0 Å². The van der Waals surface area contributed by atoms with Gasteiger partial charge in [-0.2, -0.15) is 0 Å². The molecule has 1 aliphatic rings. The molecule has 0 aromatic carbocycles. The van der Waals surface area contributed by atoms with Gasteiger partial charge in [-0.3, -0.25) is 0 Å². The van der Waals surface area contributed by atoms with Crippen molar-refractivity contribution in [3.8, 4) is 0 Å². The average molecular weight is 277 g/mol. The fourth-order valence-corrected chi connectivity index (χ4v) is 3.65. The monoisotopic (exact) mass is 277 g/mol. The van der Waals surface area contributed by atoms with Crippen LogP contribution in [-0.4, -0.2) is 26.9 Å². The van der Waals surface area contributed by atoms with Gasteiger partial charge in [-0.1, -0.05) is 20.8 Å².